The molecule has 4 rings (SSSR count). The summed E-state index contributed by atoms with van der Waals surface area (Å²) < 4.78 is 68.5. The van der Waals surface area contributed by atoms with Gasteiger partial charge in [0, 0.05) is 28.4 Å². The summed E-state index contributed by atoms with van der Waals surface area (Å²) in [4.78, 5) is 11.2. The minimum absolute atomic E-state index is 0.237. The van der Waals surface area contributed by atoms with Crippen LogP contribution in [0.1, 0.15) is 5.69 Å². The smallest absolute Gasteiger partial charge is 0.406 e. The first kappa shape index (κ1) is 20.7. The van der Waals surface area contributed by atoms with Crippen molar-refractivity contribution in [3.8, 4) is 17.0 Å². The fraction of sp³-hybridized carbons (Fsp3) is 0.100. The number of ether oxygens (including phenoxy) is 1. The summed E-state index contributed by atoms with van der Waals surface area (Å²) in [7, 11) is -4.13. The van der Waals surface area contributed by atoms with E-state index in [4.69, 9.17) is 0 Å². The van der Waals surface area contributed by atoms with Gasteiger partial charge in [0.1, 0.15) is 17.7 Å². The molecule has 0 fully saturated rings. The van der Waals surface area contributed by atoms with Crippen molar-refractivity contribution in [2.24, 2.45) is 0 Å². The van der Waals surface area contributed by atoms with Gasteiger partial charge in [-0.25, -0.2) is 18.4 Å². The lowest BCUT2D eigenvalue weighted by molar-refractivity contribution is -0.274. The van der Waals surface area contributed by atoms with Crippen LogP contribution in [0.2, 0.25) is 0 Å². The molecule has 0 aliphatic carbocycles. The van der Waals surface area contributed by atoms with Gasteiger partial charge in [0.05, 0.1) is 10.6 Å². The van der Waals surface area contributed by atoms with Crippen LogP contribution in [-0.4, -0.2) is 29.7 Å². The SMILES string of the molecule is Cc1cc2c(-c3ccc(NS(=O)(=O)c4cccc(OC(F)(F)F)c4)cc3)ncnc2[nH]1. The second-order valence-corrected chi connectivity index (χ2v) is 8.32. The minimum Gasteiger partial charge on any atom is -0.406 e. The molecule has 2 aromatic carbocycles. The van der Waals surface area contributed by atoms with Crippen molar-refractivity contribution in [2.75, 3.05) is 4.72 Å². The van der Waals surface area contributed by atoms with Crippen molar-refractivity contribution in [3.05, 3.63) is 66.6 Å². The quantitative estimate of drug-likeness (QED) is 0.464. The summed E-state index contributed by atoms with van der Waals surface area (Å²) >= 11 is 0. The van der Waals surface area contributed by atoms with Gasteiger partial charge in [-0.15, -0.1) is 13.2 Å². The number of halogens is 3. The number of anilines is 1. The standard InChI is InChI=1S/C20H15F3N4O3S/c1-12-9-17-18(24-11-25-19(17)26-12)13-5-7-14(8-6-13)27-31(28,29)16-4-2-3-15(10-16)30-20(21,22)23/h2-11,27H,1H3,(H,24,25,26). The number of nitrogens with one attached hydrogen (secondary N) is 2. The van der Waals surface area contributed by atoms with Crippen LogP contribution in [0, 0.1) is 6.92 Å². The van der Waals surface area contributed by atoms with E-state index >= 15 is 0 Å². The number of hydrogen-bond donors (Lipinski definition) is 2. The summed E-state index contributed by atoms with van der Waals surface area (Å²) in [5.74, 6) is -0.625. The summed E-state index contributed by atoms with van der Waals surface area (Å²) in [5.41, 5.74) is 3.28. The Morgan fingerprint density at radius 3 is 2.48 bits per heavy atom. The molecule has 0 bridgehead atoms. The van der Waals surface area contributed by atoms with Gasteiger partial charge < -0.3 is 9.72 Å². The monoisotopic (exact) mass is 448 g/mol. The molecule has 0 saturated carbocycles. The van der Waals surface area contributed by atoms with Crippen LogP contribution in [-0.2, 0) is 10.0 Å². The number of H-pyrrole nitrogens is 1. The molecule has 2 aromatic heterocycles. The third kappa shape index (κ3) is 4.61. The highest BCUT2D eigenvalue weighted by atomic mass is 32.2. The lowest BCUT2D eigenvalue weighted by Crippen LogP contribution is -2.18. The largest absolute Gasteiger partial charge is 0.573 e. The molecule has 0 unspecified atom stereocenters. The Labute approximate surface area is 175 Å². The third-order valence-electron chi connectivity index (χ3n) is 4.32. The van der Waals surface area contributed by atoms with Gasteiger partial charge in [0.15, 0.2) is 0 Å². The van der Waals surface area contributed by atoms with Crippen molar-refractivity contribution in [3.63, 3.8) is 0 Å². The predicted octanol–water partition coefficient (Wildman–Crippen LogP) is 4.63. The molecule has 11 heteroatoms. The summed E-state index contributed by atoms with van der Waals surface area (Å²) in [6.45, 7) is 1.90. The number of aromatic amines is 1. The molecule has 160 valence electrons. The summed E-state index contributed by atoms with van der Waals surface area (Å²) in [6.07, 6.45) is -3.49. The molecule has 0 aliphatic heterocycles. The third-order valence-corrected chi connectivity index (χ3v) is 5.70. The van der Waals surface area contributed by atoms with Crippen molar-refractivity contribution < 1.29 is 26.3 Å². The lowest BCUT2D eigenvalue weighted by Gasteiger charge is -2.12. The molecule has 31 heavy (non-hydrogen) atoms. The zero-order valence-electron chi connectivity index (χ0n) is 15.9. The van der Waals surface area contributed by atoms with Gasteiger partial charge in [0.25, 0.3) is 10.0 Å². The highest BCUT2D eigenvalue weighted by Crippen LogP contribution is 2.29. The zero-order valence-corrected chi connectivity index (χ0v) is 16.8. The average molecular weight is 448 g/mol. The van der Waals surface area contributed by atoms with E-state index in [-0.39, 0.29) is 10.6 Å². The Balaban J connectivity index is 1.58. The van der Waals surface area contributed by atoms with Crippen molar-refractivity contribution in [1.29, 1.82) is 0 Å². The molecular formula is C20H15F3N4O3S. The molecule has 0 radical (unpaired) electrons. The molecular weight excluding hydrogens is 433 g/mol. The van der Waals surface area contributed by atoms with E-state index in [9.17, 15) is 21.6 Å². The van der Waals surface area contributed by atoms with E-state index in [0.29, 0.717) is 11.3 Å². The minimum atomic E-state index is -4.92. The Morgan fingerprint density at radius 1 is 1.03 bits per heavy atom. The molecule has 2 N–H and O–H groups in total. The molecule has 7 nitrogen and oxygen atoms in total. The Bertz CT molecular complexity index is 1350. The van der Waals surface area contributed by atoms with E-state index in [1.807, 2.05) is 13.0 Å². The van der Waals surface area contributed by atoms with Crippen molar-refractivity contribution >= 4 is 26.7 Å². The van der Waals surface area contributed by atoms with Crippen molar-refractivity contribution in [1.82, 2.24) is 15.0 Å². The number of fused-ring (bicyclic) bond motifs is 1. The number of benzene rings is 2. The number of hydrogen-bond acceptors (Lipinski definition) is 5. The van der Waals surface area contributed by atoms with Crippen LogP contribution in [0.15, 0.2) is 65.8 Å². The number of alkyl halides is 3. The van der Waals surface area contributed by atoms with Gasteiger partial charge >= 0.3 is 6.36 Å². The van der Waals surface area contributed by atoms with E-state index < -0.39 is 22.1 Å². The van der Waals surface area contributed by atoms with E-state index in [2.05, 4.69) is 24.4 Å². The maximum atomic E-state index is 12.6. The van der Waals surface area contributed by atoms with Crippen LogP contribution in [0.3, 0.4) is 0 Å². The number of aryl methyl sites for hydroxylation is 1. The Kier molecular flexibility index (Phi) is 5.05. The molecule has 4 aromatic rings. The van der Waals surface area contributed by atoms with Crippen LogP contribution in [0.5, 0.6) is 5.75 Å². The van der Waals surface area contributed by atoms with Gasteiger partial charge in [-0.3, -0.25) is 4.72 Å². The molecule has 2 heterocycles. The number of sulfonamides is 1. The Hall–Kier alpha value is -3.60. The first-order valence-corrected chi connectivity index (χ1v) is 10.4. The first-order chi connectivity index (χ1) is 14.6. The fourth-order valence-corrected chi connectivity index (χ4v) is 4.14. The average Bonchev–Trinajstić information content (AvgIpc) is 3.07. The van der Waals surface area contributed by atoms with E-state index in [1.54, 1.807) is 12.1 Å². The predicted molar refractivity (Wildman–Crippen MR) is 108 cm³/mol. The fourth-order valence-electron chi connectivity index (χ4n) is 3.05. The zero-order chi connectivity index (χ0) is 22.2. The van der Waals surface area contributed by atoms with Crippen molar-refractivity contribution in [2.45, 2.75) is 18.2 Å². The summed E-state index contributed by atoms with van der Waals surface area (Å²) in [6, 6.07) is 12.5. The molecule has 0 spiro atoms. The number of rotatable bonds is 5. The highest BCUT2D eigenvalue weighted by Gasteiger charge is 2.31. The van der Waals surface area contributed by atoms with Crippen LogP contribution in [0.4, 0.5) is 18.9 Å². The van der Waals surface area contributed by atoms with Crippen LogP contribution >= 0.6 is 0 Å². The van der Waals surface area contributed by atoms with Crippen LogP contribution in [0.25, 0.3) is 22.3 Å². The topological polar surface area (TPSA) is 97.0 Å². The number of aromatic nitrogens is 3. The highest BCUT2D eigenvalue weighted by molar-refractivity contribution is 7.92. The van der Waals surface area contributed by atoms with E-state index in [1.165, 1.54) is 24.5 Å². The second kappa shape index (κ2) is 7.58. The maximum Gasteiger partial charge on any atom is 0.573 e. The molecule has 0 amide bonds. The molecule has 0 saturated heterocycles. The number of nitrogens with zero attached hydrogens (tertiary/aromatic N) is 2. The van der Waals surface area contributed by atoms with Gasteiger partial charge in [-0.2, -0.15) is 0 Å². The first-order valence-electron chi connectivity index (χ1n) is 8.90. The van der Waals surface area contributed by atoms with Crippen LogP contribution < -0.4 is 9.46 Å². The van der Waals surface area contributed by atoms with Gasteiger partial charge in [-0.05, 0) is 37.3 Å². The molecule has 0 atom stereocenters. The van der Waals surface area contributed by atoms with E-state index in [0.717, 1.165) is 34.8 Å². The molecule has 0 aliphatic rings. The normalized spacial score (nSPS) is 12.1. The maximum absolute atomic E-state index is 12.6. The van der Waals surface area contributed by atoms with Gasteiger partial charge in [-0.1, -0.05) is 18.2 Å². The summed E-state index contributed by atoms with van der Waals surface area (Å²) in [5, 5.41) is 0.829. The lowest BCUT2D eigenvalue weighted by atomic mass is 10.1. The Morgan fingerprint density at radius 2 is 1.77 bits per heavy atom. The second-order valence-electron chi connectivity index (χ2n) is 6.64. The van der Waals surface area contributed by atoms with Gasteiger partial charge in [0.2, 0.25) is 0 Å².